The Balaban J connectivity index is 3.19. The highest BCUT2D eigenvalue weighted by molar-refractivity contribution is 9.10. The predicted octanol–water partition coefficient (Wildman–Crippen LogP) is 3.19. The van der Waals surface area contributed by atoms with Crippen molar-refractivity contribution in [2.45, 2.75) is 20.8 Å². The summed E-state index contributed by atoms with van der Waals surface area (Å²) in [5, 5.41) is 0. The molecular weight excluding hydrogens is 240 g/mol. The first-order valence-corrected chi connectivity index (χ1v) is 5.70. The van der Waals surface area contributed by atoms with E-state index in [9.17, 15) is 0 Å². The van der Waals surface area contributed by atoms with Crippen molar-refractivity contribution in [1.29, 1.82) is 0 Å². The Bertz CT molecular complexity index is 296. The average Bonchev–Trinajstić information content (AvgIpc) is 2.10. The van der Waals surface area contributed by atoms with E-state index in [4.69, 9.17) is 5.73 Å². The van der Waals surface area contributed by atoms with Crippen LogP contribution in [0, 0.1) is 6.92 Å². The monoisotopic (exact) mass is 256 g/mol. The highest BCUT2D eigenvalue weighted by Crippen LogP contribution is 2.33. The molecule has 0 aliphatic heterocycles. The van der Waals surface area contributed by atoms with Gasteiger partial charge < -0.3 is 10.6 Å². The Morgan fingerprint density at radius 3 is 2.29 bits per heavy atom. The molecule has 2 N–H and O–H groups in total. The Morgan fingerprint density at radius 1 is 1.29 bits per heavy atom. The molecule has 14 heavy (non-hydrogen) atoms. The van der Waals surface area contributed by atoms with Crippen LogP contribution in [0.4, 0.5) is 11.4 Å². The van der Waals surface area contributed by atoms with Crippen molar-refractivity contribution >= 4 is 27.3 Å². The third-order valence-corrected chi connectivity index (χ3v) is 2.92. The third-order valence-electron chi connectivity index (χ3n) is 2.32. The number of nitrogens with two attached hydrogens (primary N) is 1. The Labute approximate surface area is 94.2 Å². The van der Waals surface area contributed by atoms with E-state index in [1.54, 1.807) is 0 Å². The molecule has 0 radical (unpaired) electrons. The SMILES string of the molecule is CCN(CC)c1c(N)cc(C)cc1Br. The fraction of sp³-hybridized carbons (Fsp3) is 0.455. The zero-order chi connectivity index (χ0) is 10.7. The zero-order valence-electron chi connectivity index (χ0n) is 8.97. The molecule has 2 nitrogen and oxygen atoms in total. The molecule has 0 unspecified atom stereocenters. The number of hydrogen-bond acceptors (Lipinski definition) is 2. The van der Waals surface area contributed by atoms with Crippen molar-refractivity contribution < 1.29 is 0 Å². The van der Waals surface area contributed by atoms with Gasteiger partial charge in [0.15, 0.2) is 0 Å². The quantitative estimate of drug-likeness (QED) is 0.842. The lowest BCUT2D eigenvalue weighted by Gasteiger charge is -2.24. The Morgan fingerprint density at radius 2 is 1.86 bits per heavy atom. The summed E-state index contributed by atoms with van der Waals surface area (Å²) in [6.45, 7) is 8.27. The molecule has 1 aromatic rings. The number of benzene rings is 1. The van der Waals surface area contributed by atoms with Crippen LogP contribution in [0.3, 0.4) is 0 Å². The molecule has 0 bridgehead atoms. The topological polar surface area (TPSA) is 29.3 Å². The summed E-state index contributed by atoms with van der Waals surface area (Å²) in [5.74, 6) is 0. The molecular formula is C11H17BrN2. The van der Waals surface area contributed by atoms with Gasteiger partial charge in [0, 0.05) is 17.6 Å². The van der Waals surface area contributed by atoms with E-state index >= 15 is 0 Å². The molecule has 0 heterocycles. The maximum atomic E-state index is 6.00. The number of nitrogen functional groups attached to an aromatic ring is 1. The molecule has 0 saturated carbocycles. The number of aryl methyl sites for hydroxylation is 1. The Hall–Kier alpha value is -0.700. The van der Waals surface area contributed by atoms with Crippen molar-refractivity contribution in [2.75, 3.05) is 23.7 Å². The summed E-state index contributed by atoms with van der Waals surface area (Å²) < 4.78 is 1.08. The summed E-state index contributed by atoms with van der Waals surface area (Å²) in [4.78, 5) is 2.25. The van der Waals surface area contributed by atoms with Gasteiger partial charge in [-0.15, -0.1) is 0 Å². The summed E-state index contributed by atoms with van der Waals surface area (Å²) in [5.41, 5.74) is 9.15. The van der Waals surface area contributed by atoms with Gasteiger partial charge in [-0.2, -0.15) is 0 Å². The predicted molar refractivity (Wildman–Crippen MR) is 66.9 cm³/mol. The first kappa shape index (κ1) is 11.4. The van der Waals surface area contributed by atoms with Crippen LogP contribution in [0.2, 0.25) is 0 Å². The number of hydrogen-bond donors (Lipinski definition) is 1. The van der Waals surface area contributed by atoms with Crippen LogP contribution < -0.4 is 10.6 Å². The van der Waals surface area contributed by atoms with E-state index in [1.165, 1.54) is 5.56 Å². The molecule has 3 heteroatoms. The van der Waals surface area contributed by atoms with Crippen LogP contribution >= 0.6 is 15.9 Å². The van der Waals surface area contributed by atoms with Crippen LogP contribution in [-0.2, 0) is 0 Å². The van der Waals surface area contributed by atoms with E-state index in [1.807, 2.05) is 13.0 Å². The fourth-order valence-electron chi connectivity index (χ4n) is 1.63. The summed E-state index contributed by atoms with van der Waals surface area (Å²) >= 11 is 3.56. The molecule has 1 aromatic carbocycles. The average molecular weight is 257 g/mol. The maximum Gasteiger partial charge on any atom is 0.0744 e. The lowest BCUT2D eigenvalue weighted by Crippen LogP contribution is -2.23. The highest BCUT2D eigenvalue weighted by Gasteiger charge is 2.10. The van der Waals surface area contributed by atoms with Crippen molar-refractivity contribution in [3.63, 3.8) is 0 Å². The first-order valence-electron chi connectivity index (χ1n) is 4.90. The second-order valence-corrected chi connectivity index (χ2v) is 4.21. The van der Waals surface area contributed by atoms with Gasteiger partial charge >= 0.3 is 0 Å². The third kappa shape index (κ3) is 2.21. The van der Waals surface area contributed by atoms with Gasteiger partial charge in [0.1, 0.15) is 0 Å². The zero-order valence-corrected chi connectivity index (χ0v) is 10.6. The Kier molecular flexibility index (Phi) is 3.81. The molecule has 0 aromatic heterocycles. The van der Waals surface area contributed by atoms with Crippen LogP contribution in [0.1, 0.15) is 19.4 Å². The molecule has 0 aliphatic rings. The van der Waals surface area contributed by atoms with Gasteiger partial charge in [-0.25, -0.2) is 0 Å². The minimum atomic E-state index is 0.848. The summed E-state index contributed by atoms with van der Waals surface area (Å²) in [7, 11) is 0. The molecule has 0 aliphatic carbocycles. The summed E-state index contributed by atoms with van der Waals surface area (Å²) in [6.07, 6.45) is 0. The lowest BCUT2D eigenvalue weighted by atomic mass is 10.2. The largest absolute Gasteiger partial charge is 0.397 e. The number of rotatable bonds is 3. The van der Waals surface area contributed by atoms with Crippen LogP contribution in [0.25, 0.3) is 0 Å². The van der Waals surface area contributed by atoms with Crippen LogP contribution in [0.5, 0.6) is 0 Å². The molecule has 78 valence electrons. The van der Waals surface area contributed by atoms with Crippen molar-refractivity contribution in [3.05, 3.63) is 22.2 Å². The molecule has 0 fully saturated rings. The van der Waals surface area contributed by atoms with E-state index < -0.39 is 0 Å². The standard InChI is InChI=1S/C11H17BrN2/c1-4-14(5-2)11-9(12)6-8(3)7-10(11)13/h6-7H,4-5,13H2,1-3H3. The molecule has 0 atom stereocenters. The minimum Gasteiger partial charge on any atom is -0.397 e. The minimum absolute atomic E-state index is 0.848. The van der Waals surface area contributed by atoms with Crippen molar-refractivity contribution in [1.82, 2.24) is 0 Å². The van der Waals surface area contributed by atoms with Gasteiger partial charge in [0.05, 0.1) is 11.4 Å². The van der Waals surface area contributed by atoms with Gasteiger partial charge in [-0.05, 0) is 54.4 Å². The van der Waals surface area contributed by atoms with Gasteiger partial charge in [-0.3, -0.25) is 0 Å². The normalized spacial score (nSPS) is 10.3. The lowest BCUT2D eigenvalue weighted by molar-refractivity contribution is 0.865. The second kappa shape index (κ2) is 4.69. The first-order chi connectivity index (χ1) is 6.60. The smallest absolute Gasteiger partial charge is 0.0744 e. The van der Waals surface area contributed by atoms with Crippen molar-refractivity contribution in [2.24, 2.45) is 0 Å². The molecule has 0 amide bonds. The number of nitrogens with zero attached hydrogens (tertiary/aromatic N) is 1. The second-order valence-electron chi connectivity index (χ2n) is 3.36. The van der Waals surface area contributed by atoms with E-state index in [2.05, 4.69) is 40.7 Å². The fourth-order valence-corrected chi connectivity index (χ4v) is 2.48. The number of anilines is 2. The van der Waals surface area contributed by atoms with E-state index in [0.717, 1.165) is 28.9 Å². The highest BCUT2D eigenvalue weighted by atomic mass is 79.9. The maximum absolute atomic E-state index is 6.00. The van der Waals surface area contributed by atoms with E-state index in [-0.39, 0.29) is 0 Å². The van der Waals surface area contributed by atoms with Crippen LogP contribution in [0.15, 0.2) is 16.6 Å². The van der Waals surface area contributed by atoms with Crippen molar-refractivity contribution in [3.8, 4) is 0 Å². The van der Waals surface area contributed by atoms with Gasteiger partial charge in [-0.1, -0.05) is 0 Å². The van der Waals surface area contributed by atoms with Gasteiger partial charge in [0.2, 0.25) is 0 Å². The van der Waals surface area contributed by atoms with Gasteiger partial charge in [0.25, 0.3) is 0 Å². The summed E-state index contributed by atoms with van der Waals surface area (Å²) in [6, 6.07) is 4.11. The molecule has 0 saturated heterocycles. The van der Waals surface area contributed by atoms with E-state index in [0.29, 0.717) is 0 Å². The number of halogens is 1. The van der Waals surface area contributed by atoms with Crippen LogP contribution in [-0.4, -0.2) is 13.1 Å². The molecule has 1 rings (SSSR count). The molecule has 0 spiro atoms.